The molecule has 3 heteroatoms. The van der Waals surface area contributed by atoms with Crippen molar-refractivity contribution in [1.82, 2.24) is 0 Å². The van der Waals surface area contributed by atoms with E-state index >= 15 is 0 Å². The zero-order valence-corrected chi connectivity index (χ0v) is 8.17. The van der Waals surface area contributed by atoms with Crippen LogP contribution in [0.15, 0.2) is 18.2 Å². The van der Waals surface area contributed by atoms with Crippen molar-refractivity contribution in [2.45, 2.75) is 13.0 Å². The van der Waals surface area contributed by atoms with Gasteiger partial charge in [0.05, 0.1) is 11.6 Å². The molecule has 0 aliphatic carbocycles. The van der Waals surface area contributed by atoms with Gasteiger partial charge >= 0.3 is 0 Å². The minimum Gasteiger partial charge on any atom is -0.489 e. The molecule has 0 bridgehead atoms. The quantitative estimate of drug-likeness (QED) is 0.696. The number of epoxide rings is 1. The van der Waals surface area contributed by atoms with Crippen LogP contribution in [-0.2, 0) is 4.74 Å². The third-order valence-electron chi connectivity index (χ3n) is 1.91. The summed E-state index contributed by atoms with van der Waals surface area (Å²) in [6.07, 6.45) is 0.275. The van der Waals surface area contributed by atoms with E-state index in [-0.39, 0.29) is 6.10 Å². The zero-order valence-electron chi connectivity index (χ0n) is 7.42. The normalized spacial score (nSPS) is 20.0. The average molecular weight is 199 g/mol. The highest BCUT2D eigenvalue weighted by molar-refractivity contribution is 6.32. The SMILES string of the molecule is Cc1ccc(Cl)c(OCC2CO2)c1. The monoisotopic (exact) mass is 198 g/mol. The highest BCUT2D eigenvalue weighted by atomic mass is 35.5. The molecule has 0 spiro atoms. The summed E-state index contributed by atoms with van der Waals surface area (Å²) in [4.78, 5) is 0. The summed E-state index contributed by atoms with van der Waals surface area (Å²) in [7, 11) is 0. The van der Waals surface area contributed by atoms with Crippen LogP contribution in [0, 0.1) is 6.92 Å². The molecule has 1 heterocycles. The topological polar surface area (TPSA) is 21.8 Å². The molecule has 0 amide bonds. The van der Waals surface area contributed by atoms with Crippen molar-refractivity contribution in [1.29, 1.82) is 0 Å². The third-order valence-corrected chi connectivity index (χ3v) is 2.23. The van der Waals surface area contributed by atoms with Gasteiger partial charge < -0.3 is 9.47 Å². The van der Waals surface area contributed by atoms with E-state index in [0.29, 0.717) is 11.6 Å². The summed E-state index contributed by atoms with van der Waals surface area (Å²) in [6, 6.07) is 5.74. The van der Waals surface area contributed by atoms with Gasteiger partial charge in [-0.15, -0.1) is 0 Å². The molecule has 13 heavy (non-hydrogen) atoms. The summed E-state index contributed by atoms with van der Waals surface area (Å²) in [5.41, 5.74) is 1.15. The van der Waals surface area contributed by atoms with Crippen molar-refractivity contribution in [3.63, 3.8) is 0 Å². The molecule has 0 aromatic heterocycles. The van der Waals surface area contributed by atoms with E-state index in [0.717, 1.165) is 17.9 Å². The molecule has 1 atom stereocenters. The van der Waals surface area contributed by atoms with E-state index in [1.54, 1.807) is 0 Å². The van der Waals surface area contributed by atoms with E-state index in [1.165, 1.54) is 0 Å². The van der Waals surface area contributed by atoms with Crippen LogP contribution >= 0.6 is 11.6 Å². The summed E-state index contributed by atoms with van der Waals surface area (Å²) in [5, 5.41) is 0.659. The van der Waals surface area contributed by atoms with Crippen molar-refractivity contribution in [2.75, 3.05) is 13.2 Å². The lowest BCUT2D eigenvalue weighted by atomic mass is 10.2. The first-order valence-corrected chi connectivity index (χ1v) is 4.64. The molecule has 1 aliphatic heterocycles. The number of hydrogen-bond donors (Lipinski definition) is 0. The summed E-state index contributed by atoms with van der Waals surface area (Å²) in [6.45, 7) is 3.42. The maximum atomic E-state index is 5.93. The van der Waals surface area contributed by atoms with Gasteiger partial charge in [-0.3, -0.25) is 0 Å². The predicted octanol–water partition coefficient (Wildman–Crippen LogP) is 2.43. The van der Waals surface area contributed by atoms with E-state index in [2.05, 4.69) is 0 Å². The predicted molar refractivity (Wildman–Crippen MR) is 51.4 cm³/mol. The van der Waals surface area contributed by atoms with Gasteiger partial charge in [0.2, 0.25) is 0 Å². The van der Waals surface area contributed by atoms with Crippen LogP contribution in [0.1, 0.15) is 5.56 Å². The molecule has 1 fully saturated rings. The second kappa shape index (κ2) is 3.56. The van der Waals surface area contributed by atoms with Gasteiger partial charge in [0.1, 0.15) is 18.5 Å². The number of ether oxygens (including phenoxy) is 2. The lowest BCUT2D eigenvalue weighted by Crippen LogP contribution is -2.04. The summed E-state index contributed by atoms with van der Waals surface area (Å²) >= 11 is 5.93. The fourth-order valence-corrected chi connectivity index (χ4v) is 1.24. The van der Waals surface area contributed by atoms with Crippen LogP contribution in [0.3, 0.4) is 0 Å². The van der Waals surface area contributed by atoms with Crippen LogP contribution in [0.4, 0.5) is 0 Å². The lowest BCUT2D eigenvalue weighted by Gasteiger charge is -2.06. The smallest absolute Gasteiger partial charge is 0.138 e. The maximum absolute atomic E-state index is 5.93. The molecule has 1 aliphatic rings. The van der Waals surface area contributed by atoms with Gasteiger partial charge in [-0.1, -0.05) is 17.7 Å². The molecule has 0 N–H and O–H groups in total. The number of halogens is 1. The molecule has 1 aromatic rings. The second-order valence-electron chi connectivity index (χ2n) is 3.20. The van der Waals surface area contributed by atoms with Crippen LogP contribution in [-0.4, -0.2) is 19.3 Å². The summed E-state index contributed by atoms with van der Waals surface area (Å²) < 4.78 is 10.5. The minimum atomic E-state index is 0.275. The lowest BCUT2D eigenvalue weighted by molar-refractivity contribution is 0.263. The Morgan fingerprint density at radius 3 is 3.08 bits per heavy atom. The molecule has 1 saturated heterocycles. The van der Waals surface area contributed by atoms with Gasteiger partial charge in [0.15, 0.2) is 0 Å². The van der Waals surface area contributed by atoms with Crippen LogP contribution in [0.2, 0.25) is 5.02 Å². The standard InChI is InChI=1S/C10H11ClO2/c1-7-2-3-9(11)10(4-7)13-6-8-5-12-8/h2-4,8H,5-6H2,1H3. The van der Waals surface area contributed by atoms with Crippen molar-refractivity contribution < 1.29 is 9.47 Å². The van der Waals surface area contributed by atoms with Crippen molar-refractivity contribution in [3.05, 3.63) is 28.8 Å². The van der Waals surface area contributed by atoms with Gasteiger partial charge in [-0.25, -0.2) is 0 Å². The molecular formula is C10H11ClO2. The zero-order chi connectivity index (χ0) is 9.26. The number of benzene rings is 1. The Kier molecular flexibility index (Phi) is 2.42. The maximum Gasteiger partial charge on any atom is 0.138 e. The first-order valence-electron chi connectivity index (χ1n) is 4.26. The molecule has 1 unspecified atom stereocenters. The van der Waals surface area contributed by atoms with Crippen molar-refractivity contribution in [2.24, 2.45) is 0 Å². The number of aryl methyl sites for hydroxylation is 1. The first-order chi connectivity index (χ1) is 6.25. The fourth-order valence-electron chi connectivity index (χ4n) is 1.07. The van der Waals surface area contributed by atoms with Gasteiger partial charge in [0, 0.05) is 0 Å². The molecule has 2 nitrogen and oxygen atoms in total. The largest absolute Gasteiger partial charge is 0.489 e. The molecule has 0 radical (unpaired) electrons. The van der Waals surface area contributed by atoms with Crippen molar-refractivity contribution in [3.8, 4) is 5.75 Å². The Bertz CT molecular complexity index is 308. The first kappa shape index (κ1) is 8.85. The second-order valence-corrected chi connectivity index (χ2v) is 3.61. The molecule has 2 rings (SSSR count). The summed E-state index contributed by atoms with van der Waals surface area (Å²) in [5.74, 6) is 0.747. The molecular weight excluding hydrogens is 188 g/mol. The third kappa shape index (κ3) is 2.36. The van der Waals surface area contributed by atoms with Crippen LogP contribution < -0.4 is 4.74 Å². The minimum absolute atomic E-state index is 0.275. The molecule has 0 saturated carbocycles. The van der Waals surface area contributed by atoms with Gasteiger partial charge in [0.25, 0.3) is 0 Å². The van der Waals surface area contributed by atoms with E-state index < -0.39 is 0 Å². The Hall–Kier alpha value is -0.730. The Morgan fingerprint density at radius 2 is 2.38 bits per heavy atom. The highest BCUT2D eigenvalue weighted by Crippen LogP contribution is 2.26. The molecule has 70 valence electrons. The average Bonchev–Trinajstić information content (AvgIpc) is 2.90. The Balaban J connectivity index is 2.03. The van der Waals surface area contributed by atoms with Crippen LogP contribution in [0.5, 0.6) is 5.75 Å². The van der Waals surface area contributed by atoms with Gasteiger partial charge in [-0.2, -0.15) is 0 Å². The van der Waals surface area contributed by atoms with Crippen molar-refractivity contribution >= 4 is 11.6 Å². The molecule has 1 aromatic carbocycles. The van der Waals surface area contributed by atoms with E-state index in [1.807, 2.05) is 25.1 Å². The Labute approximate surface area is 82.4 Å². The van der Waals surface area contributed by atoms with E-state index in [4.69, 9.17) is 21.1 Å². The number of rotatable bonds is 3. The van der Waals surface area contributed by atoms with Gasteiger partial charge in [-0.05, 0) is 24.6 Å². The fraction of sp³-hybridized carbons (Fsp3) is 0.400. The highest BCUT2D eigenvalue weighted by Gasteiger charge is 2.23. The number of hydrogen-bond acceptors (Lipinski definition) is 2. The van der Waals surface area contributed by atoms with Crippen LogP contribution in [0.25, 0.3) is 0 Å². The Morgan fingerprint density at radius 1 is 1.62 bits per heavy atom. The van der Waals surface area contributed by atoms with E-state index in [9.17, 15) is 0 Å².